The van der Waals surface area contributed by atoms with E-state index in [1.807, 2.05) is 30.3 Å². The molecule has 2 aliphatic heterocycles. The Kier molecular flexibility index (Phi) is 7.17. The second-order valence-corrected chi connectivity index (χ2v) is 7.15. The van der Waals surface area contributed by atoms with Crippen molar-refractivity contribution in [3.8, 4) is 0 Å². The summed E-state index contributed by atoms with van der Waals surface area (Å²) in [5, 5.41) is 0. The molecule has 0 saturated carbocycles. The quantitative estimate of drug-likeness (QED) is 0.540. The van der Waals surface area contributed by atoms with E-state index in [0.717, 1.165) is 57.4 Å². The maximum atomic E-state index is 12.0. The Bertz CT molecular complexity index is 564. The summed E-state index contributed by atoms with van der Waals surface area (Å²) >= 11 is 0. The average Bonchev–Trinajstić information content (AvgIpc) is 2.69. The van der Waals surface area contributed by atoms with Gasteiger partial charge in [-0.1, -0.05) is 30.3 Å². The molecule has 2 atom stereocenters. The number of hydrogen-bond acceptors (Lipinski definition) is 6. The van der Waals surface area contributed by atoms with Gasteiger partial charge in [0, 0.05) is 38.6 Å². The van der Waals surface area contributed by atoms with Gasteiger partial charge in [0.25, 0.3) is 0 Å². The molecular formula is C20H28N2O4. The number of aldehydes is 1. The van der Waals surface area contributed by atoms with E-state index in [1.165, 1.54) is 0 Å². The largest absolute Gasteiger partial charge is 0.460 e. The summed E-state index contributed by atoms with van der Waals surface area (Å²) in [4.78, 5) is 27.3. The van der Waals surface area contributed by atoms with E-state index in [-0.39, 0.29) is 18.0 Å². The maximum absolute atomic E-state index is 12.0. The highest BCUT2D eigenvalue weighted by atomic mass is 16.5. The van der Waals surface area contributed by atoms with Crippen molar-refractivity contribution in [2.45, 2.75) is 25.6 Å². The normalized spacial score (nSPS) is 24.9. The van der Waals surface area contributed by atoms with Gasteiger partial charge in [0.05, 0.1) is 19.3 Å². The molecular weight excluding hydrogens is 332 g/mol. The van der Waals surface area contributed by atoms with E-state index in [4.69, 9.17) is 9.47 Å². The summed E-state index contributed by atoms with van der Waals surface area (Å²) < 4.78 is 11.1. The number of esters is 1. The third-order valence-electron chi connectivity index (χ3n) is 5.12. The van der Waals surface area contributed by atoms with E-state index in [1.54, 1.807) is 0 Å². The number of benzene rings is 1. The third-order valence-corrected chi connectivity index (χ3v) is 5.12. The van der Waals surface area contributed by atoms with Crippen molar-refractivity contribution >= 4 is 12.3 Å². The Labute approximate surface area is 155 Å². The van der Waals surface area contributed by atoms with Crippen molar-refractivity contribution in [2.24, 2.45) is 5.92 Å². The predicted octanol–water partition coefficient (Wildman–Crippen LogP) is 1.34. The lowest BCUT2D eigenvalue weighted by molar-refractivity contribution is -0.146. The fourth-order valence-electron chi connectivity index (χ4n) is 3.46. The molecule has 26 heavy (non-hydrogen) atoms. The number of rotatable bonds is 7. The van der Waals surface area contributed by atoms with E-state index >= 15 is 0 Å². The molecule has 2 heterocycles. The number of carbonyl (C=O) groups is 2. The smallest absolute Gasteiger partial charge is 0.320 e. The lowest BCUT2D eigenvalue weighted by atomic mass is 9.99. The topological polar surface area (TPSA) is 59.1 Å². The molecule has 6 heteroatoms. The van der Waals surface area contributed by atoms with Gasteiger partial charge in [-0.25, -0.2) is 0 Å². The summed E-state index contributed by atoms with van der Waals surface area (Å²) in [5.74, 6) is -0.0946. The fraction of sp³-hybridized carbons (Fsp3) is 0.600. The molecule has 0 unspecified atom stereocenters. The van der Waals surface area contributed by atoms with Crippen LogP contribution in [0.1, 0.15) is 18.4 Å². The predicted molar refractivity (Wildman–Crippen MR) is 97.6 cm³/mol. The van der Waals surface area contributed by atoms with Crippen LogP contribution in [0.4, 0.5) is 0 Å². The van der Waals surface area contributed by atoms with Gasteiger partial charge in [-0.15, -0.1) is 0 Å². The molecule has 0 aromatic heterocycles. The second kappa shape index (κ2) is 9.80. The van der Waals surface area contributed by atoms with Crippen LogP contribution in [0.25, 0.3) is 0 Å². The lowest BCUT2D eigenvalue weighted by Crippen LogP contribution is -2.50. The molecule has 0 spiro atoms. The zero-order chi connectivity index (χ0) is 18.2. The Morgan fingerprint density at radius 2 is 1.85 bits per heavy atom. The molecule has 142 valence electrons. The summed E-state index contributed by atoms with van der Waals surface area (Å²) in [6.07, 6.45) is 3.12. The fourth-order valence-corrected chi connectivity index (χ4v) is 3.46. The third kappa shape index (κ3) is 5.90. The highest BCUT2D eigenvalue weighted by Gasteiger charge is 2.25. The minimum atomic E-state index is -0.169. The van der Waals surface area contributed by atoms with Crippen LogP contribution in [0.5, 0.6) is 0 Å². The number of carbonyl (C=O) groups excluding carboxylic acids is 2. The maximum Gasteiger partial charge on any atom is 0.320 e. The molecule has 6 nitrogen and oxygen atoms in total. The van der Waals surface area contributed by atoms with Crippen LogP contribution in [0.15, 0.2) is 30.3 Å². The first-order valence-corrected chi connectivity index (χ1v) is 9.44. The Hall–Kier alpha value is -1.76. The number of hydrogen-bond donors (Lipinski definition) is 0. The first-order chi connectivity index (χ1) is 12.7. The molecule has 3 rings (SSSR count). The van der Waals surface area contributed by atoms with Crippen molar-refractivity contribution in [2.75, 3.05) is 45.9 Å². The van der Waals surface area contributed by atoms with E-state index < -0.39 is 0 Å². The van der Waals surface area contributed by atoms with E-state index in [2.05, 4.69) is 9.80 Å². The first-order valence-electron chi connectivity index (χ1n) is 9.44. The van der Waals surface area contributed by atoms with Gasteiger partial charge in [-0.3, -0.25) is 14.6 Å². The zero-order valence-corrected chi connectivity index (χ0v) is 15.2. The summed E-state index contributed by atoms with van der Waals surface area (Å²) in [5.41, 5.74) is 1.01. The molecule has 0 aliphatic carbocycles. The van der Waals surface area contributed by atoms with Crippen molar-refractivity contribution in [1.82, 2.24) is 9.80 Å². The van der Waals surface area contributed by atoms with Gasteiger partial charge in [-0.2, -0.15) is 0 Å². The van der Waals surface area contributed by atoms with E-state index in [9.17, 15) is 9.59 Å². The summed E-state index contributed by atoms with van der Waals surface area (Å²) in [6, 6.07) is 9.74. The van der Waals surface area contributed by atoms with Gasteiger partial charge < -0.3 is 14.3 Å². The van der Waals surface area contributed by atoms with Crippen LogP contribution in [0, 0.1) is 5.92 Å². The lowest BCUT2D eigenvalue weighted by Gasteiger charge is -2.37. The minimum Gasteiger partial charge on any atom is -0.460 e. The van der Waals surface area contributed by atoms with Crippen LogP contribution in [-0.2, 0) is 25.7 Å². The second-order valence-electron chi connectivity index (χ2n) is 7.15. The molecule has 2 aliphatic rings. The van der Waals surface area contributed by atoms with Gasteiger partial charge in [-0.05, 0) is 18.4 Å². The molecule has 0 N–H and O–H groups in total. The van der Waals surface area contributed by atoms with Crippen molar-refractivity contribution in [3.63, 3.8) is 0 Å². The highest BCUT2D eigenvalue weighted by Crippen LogP contribution is 2.18. The Morgan fingerprint density at radius 3 is 2.50 bits per heavy atom. The number of piperazine rings is 1. The van der Waals surface area contributed by atoms with Gasteiger partial charge >= 0.3 is 5.97 Å². The molecule has 1 aromatic carbocycles. The monoisotopic (exact) mass is 360 g/mol. The van der Waals surface area contributed by atoms with Crippen LogP contribution in [-0.4, -0.2) is 74.0 Å². The zero-order valence-electron chi connectivity index (χ0n) is 15.2. The average molecular weight is 360 g/mol. The standard InChI is InChI=1S/C20H28N2O4/c23-14-18-6-7-19(25-16-18)12-21-8-10-22(11-9-21)13-20(24)26-15-17-4-2-1-3-5-17/h1-5,14,18-19H,6-13,15-16H2/t18-,19-/m0/s1. The van der Waals surface area contributed by atoms with Crippen LogP contribution >= 0.6 is 0 Å². The Morgan fingerprint density at radius 1 is 1.12 bits per heavy atom. The van der Waals surface area contributed by atoms with Crippen molar-refractivity contribution in [1.29, 1.82) is 0 Å². The van der Waals surface area contributed by atoms with Crippen molar-refractivity contribution in [3.05, 3.63) is 35.9 Å². The van der Waals surface area contributed by atoms with Gasteiger partial charge in [0.1, 0.15) is 12.9 Å². The Balaban J connectivity index is 1.31. The highest BCUT2D eigenvalue weighted by molar-refractivity contribution is 5.71. The summed E-state index contributed by atoms with van der Waals surface area (Å²) in [7, 11) is 0. The molecule has 2 fully saturated rings. The molecule has 1 aromatic rings. The summed E-state index contributed by atoms with van der Waals surface area (Å²) in [6.45, 7) is 5.75. The van der Waals surface area contributed by atoms with Gasteiger partial charge in [0.15, 0.2) is 0 Å². The molecule has 0 bridgehead atoms. The van der Waals surface area contributed by atoms with Crippen molar-refractivity contribution < 1.29 is 19.1 Å². The molecule has 0 amide bonds. The number of nitrogens with zero attached hydrogens (tertiary/aromatic N) is 2. The minimum absolute atomic E-state index is 0.0741. The van der Waals surface area contributed by atoms with Crippen LogP contribution < -0.4 is 0 Å². The SMILES string of the molecule is O=C[C@@H]1CC[C@@H](CN2CCN(CC(=O)OCc3ccccc3)CC2)OC1. The molecule has 2 saturated heterocycles. The van der Waals surface area contributed by atoms with Crippen LogP contribution in [0.2, 0.25) is 0 Å². The van der Waals surface area contributed by atoms with Crippen LogP contribution in [0.3, 0.4) is 0 Å². The van der Waals surface area contributed by atoms with Gasteiger partial charge in [0.2, 0.25) is 0 Å². The van der Waals surface area contributed by atoms with E-state index in [0.29, 0.717) is 19.8 Å². The first kappa shape index (κ1) is 19.0. The number of ether oxygens (including phenoxy) is 2. The molecule has 0 radical (unpaired) electrons.